The molecule has 29 heavy (non-hydrogen) atoms. The minimum Gasteiger partial charge on any atom is -0.358 e. The van der Waals surface area contributed by atoms with Crippen LogP contribution >= 0.6 is 0 Å². The number of fused-ring (bicyclic) bond motifs is 1. The highest BCUT2D eigenvalue weighted by Crippen LogP contribution is 2.24. The molecule has 7 nitrogen and oxygen atoms in total. The number of para-hydroxylation sites is 1. The third-order valence-electron chi connectivity index (χ3n) is 5.05. The van der Waals surface area contributed by atoms with Crippen LogP contribution in [-0.2, 0) is 0 Å². The van der Waals surface area contributed by atoms with Gasteiger partial charge in [-0.1, -0.05) is 18.2 Å². The lowest BCUT2D eigenvalue weighted by Crippen LogP contribution is -2.28. The van der Waals surface area contributed by atoms with Crippen LogP contribution in [0.3, 0.4) is 0 Å². The Morgan fingerprint density at radius 2 is 1.93 bits per heavy atom. The van der Waals surface area contributed by atoms with Gasteiger partial charge in [0.1, 0.15) is 5.69 Å². The van der Waals surface area contributed by atoms with Crippen molar-refractivity contribution in [3.8, 4) is 11.5 Å². The summed E-state index contributed by atoms with van der Waals surface area (Å²) in [6.07, 6.45) is 1.63. The quantitative estimate of drug-likeness (QED) is 0.499. The first kappa shape index (κ1) is 18.6. The summed E-state index contributed by atoms with van der Waals surface area (Å²) in [5, 5.41) is 3.97. The Balaban J connectivity index is 1.64. The van der Waals surface area contributed by atoms with E-state index in [1.54, 1.807) is 31.3 Å². The second-order valence-electron chi connectivity index (χ2n) is 7.03. The number of aromatic amines is 2. The van der Waals surface area contributed by atoms with Crippen molar-refractivity contribution in [2.24, 2.45) is 0 Å². The monoisotopic (exact) mass is 387 g/mol. The summed E-state index contributed by atoms with van der Waals surface area (Å²) < 4.78 is 0. The Labute approximate surface area is 167 Å². The maximum absolute atomic E-state index is 12.9. The largest absolute Gasteiger partial charge is 0.358 e. The summed E-state index contributed by atoms with van der Waals surface area (Å²) in [7, 11) is 0. The van der Waals surface area contributed by atoms with E-state index < -0.39 is 6.04 Å². The third kappa shape index (κ3) is 3.54. The lowest BCUT2D eigenvalue weighted by Gasteiger charge is -2.14. The number of aryl methyl sites for hydroxylation is 2. The molecule has 0 unspecified atom stereocenters. The van der Waals surface area contributed by atoms with Crippen molar-refractivity contribution in [3.63, 3.8) is 0 Å². The molecule has 0 aliphatic heterocycles. The summed E-state index contributed by atoms with van der Waals surface area (Å²) in [6, 6.07) is 12.0. The van der Waals surface area contributed by atoms with Gasteiger partial charge in [-0.3, -0.25) is 14.6 Å². The molecule has 7 heteroatoms. The fourth-order valence-electron chi connectivity index (χ4n) is 3.34. The number of carbonyl (C=O) groups excluding carboxylic acids is 1. The van der Waals surface area contributed by atoms with Crippen LogP contribution in [0.2, 0.25) is 0 Å². The van der Waals surface area contributed by atoms with Gasteiger partial charge in [-0.2, -0.15) is 0 Å². The maximum Gasteiger partial charge on any atom is 0.253 e. The molecule has 0 saturated heterocycles. The van der Waals surface area contributed by atoms with E-state index >= 15 is 0 Å². The Hall–Kier alpha value is -3.74. The van der Waals surface area contributed by atoms with Crippen LogP contribution < -0.4 is 10.9 Å². The molecule has 4 aromatic rings. The summed E-state index contributed by atoms with van der Waals surface area (Å²) in [6.45, 7) is 5.81. The van der Waals surface area contributed by atoms with Gasteiger partial charge in [0.25, 0.3) is 11.5 Å². The minimum atomic E-state index is -0.459. The number of pyridine rings is 1. The van der Waals surface area contributed by atoms with E-state index in [0.29, 0.717) is 22.8 Å². The van der Waals surface area contributed by atoms with Crippen LogP contribution in [0.1, 0.15) is 40.3 Å². The van der Waals surface area contributed by atoms with Crippen LogP contribution in [0.5, 0.6) is 0 Å². The summed E-state index contributed by atoms with van der Waals surface area (Å²) in [5.41, 5.74) is 4.25. The van der Waals surface area contributed by atoms with Crippen LogP contribution in [0, 0.1) is 13.8 Å². The van der Waals surface area contributed by atoms with Gasteiger partial charge >= 0.3 is 0 Å². The van der Waals surface area contributed by atoms with Gasteiger partial charge in [0.15, 0.2) is 5.82 Å². The van der Waals surface area contributed by atoms with Gasteiger partial charge in [0.05, 0.1) is 22.8 Å². The predicted molar refractivity (Wildman–Crippen MR) is 112 cm³/mol. The third-order valence-corrected chi connectivity index (χ3v) is 5.05. The molecule has 0 bridgehead atoms. The van der Waals surface area contributed by atoms with Crippen molar-refractivity contribution >= 4 is 16.8 Å². The molecule has 0 aliphatic rings. The zero-order chi connectivity index (χ0) is 20.5. The van der Waals surface area contributed by atoms with E-state index in [1.807, 2.05) is 32.0 Å². The molecule has 1 amide bonds. The SMILES string of the molecule is Cc1[nH]c2c(C(=O)N[C@H](C)c3cc(=O)[nH]c(-c4ccccn4)n3)cccc2c1C. The van der Waals surface area contributed by atoms with Crippen LogP contribution in [0.25, 0.3) is 22.4 Å². The molecule has 0 fully saturated rings. The Kier molecular flexibility index (Phi) is 4.72. The molecule has 1 atom stereocenters. The molecule has 4 rings (SSSR count). The fourth-order valence-corrected chi connectivity index (χ4v) is 3.34. The number of amides is 1. The summed E-state index contributed by atoms with van der Waals surface area (Å²) in [5.74, 6) is 0.137. The number of carbonyl (C=O) groups is 1. The van der Waals surface area contributed by atoms with Crippen molar-refractivity contribution in [1.82, 2.24) is 25.3 Å². The molecule has 0 radical (unpaired) electrons. The first-order valence-electron chi connectivity index (χ1n) is 9.35. The highest BCUT2D eigenvalue weighted by Gasteiger charge is 2.18. The van der Waals surface area contributed by atoms with Crippen LogP contribution in [0.4, 0.5) is 0 Å². The van der Waals surface area contributed by atoms with E-state index in [9.17, 15) is 9.59 Å². The lowest BCUT2D eigenvalue weighted by molar-refractivity contribution is 0.0940. The lowest BCUT2D eigenvalue weighted by atomic mass is 10.1. The zero-order valence-electron chi connectivity index (χ0n) is 16.4. The molecule has 0 aliphatic carbocycles. The van der Waals surface area contributed by atoms with Gasteiger partial charge < -0.3 is 15.3 Å². The van der Waals surface area contributed by atoms with Gasteiger partial charge in [0.2, 0.25) is 0 Å². The molecular weight excluding hydrogens is 366 g/mol. The molecular formula is C22H21N5O2. The van der Waals surface area contributed by atoms with E-state index in [0.717, 1.165) is 22.2 Å². The van der Waals surface area contributed by atoms with Crippen molar-refractivity contribution in [2.45, 2.75) is 26.8 Å². The minimum absolute atomic E-state index is 0.231. The van der Waals surface area contributed by atoms with Crippen molar-refractivity contribution < 1.29 is 4.79 Å². The van der Waals surface area contributed by atoms with Crippen molar-refractivity contribution in [1.29, 1.82) is 0 Å². The average Bonchev–Trinajstić information content (AvgIpc) is 3.02. The number of benzene rings is 1. The Bertz CT molecular complexity index is 1260. The topological polar surface area (TPSA) is 104 Å². The second kappa shape index (κ2) is 7.35. The maximum atomic E-state index is 12.9. The fraction of sp³-hybridized carbons (Fsp3) is 0.182. The summed E-state index contributed by atoms with van der Waals surface area (Å²) in [4.78, 5) is 39.8. The normalized spacial score (nSPS) is 12.1. The van der Waals surface area contributed by atoms with Crippen LogP contribution in [0.15, 0.2) is 53.5 Å². The summed E-state index contributed by atoms with van der Waals surface area (Å²) >= 11 is 0. The van der Waals surface area contributed by atoms with Gasteiger partial charge in [-0.25, -0.2) is 4.98 Å². The number of hydrogen-bond donors (Lipinski definition) is 3. The first-order valence-corrected chi connectivity index (χ1v) is 9.35. The zero-order valence-corrected chi connectivity index (χ0v) is 16.4. The number of hydrogen-bond acceptors (Lipinski definition) is 4. The number of nitrogens with one attached hydrogen (secondary N) is 3. The van der Waals surface area contributed by atoms with E-state index in [-0.39, 0.29) is 11.5 Å². The molecule has 3 N–H and O–H groups in total. The molecule has 3 aromatic heterocycles. The number of aromatic nitrogens is 4. The standard InChI is InChI=1S/C22H21N5O2/c1-12-13(2)24-20-15(12)7-6-8-16(20)22(29)25-14(3)18-11-19(28)27-21(26-18)17-9-4-5-10-23-17/h4-11,14,24H,1-3H3,(H,25,29)(H,26,27,28)/t14-/m1/s1. The van der Waals surface area contributed by atoms with Gasteiger partial charge in [-0.15, -0.1) is 0 Å². The van der Waals surface area contributed by atoms with Gasteiger partial charge in [-0.05, 0) is 44.5 Å². The molecule has 1 aromatic carbocycles. The first-order chi connectivity index (χ1) is 13.9. The second-order valence-corrected chi connectivity index (χ2v) is 7.03. The highest BCUT2D eigenvalue weighted by atomic mass is 16.1. The smallest absolute Gasteiger partial charge is 0.253 e. The molecule has 146 valence electrons. The highest BCUT2D eigenvalue weighted by molar-refractivity contribution is 6.06. The van der Waals surface area contributed by atoms with Crippen molar-refractivity contribution in [3.05, 3.63) is 81.5 Å². The van der Waals surface area contributed by atoms with Gasteiger partial charge in [0, 0.05) is 23.3 Å². The predicted octanol–water partition coefficient (Wildman–Crippen LogP) is 3.42. The van der Waals surface area contributed by atoms with Crippen molar-refractivity contribution in [2.75, 3.05) is 0 Å². The Morgan fingerprint density at radius 1 is 1.10 bits per heavy atom. The van der Waals surface area contributed by atoms with E-state index in [2.05, 4.69) is 25.3 Å². The number of rotatable bonds is 4. The van der Waals surface area contributed by atoms with Crippen LogP contribution in [-0.4, -0.2) is 25.8 Å². The molecule has 3 heterocycles. The van der Waals surface area contributed by atoms with E-state index in [4.69, 9.17) is 0 Å². The average molecular weight is 387 g/mol. The molecule has 0 saturated carbocycles. The van der Waals surface area contributed by atoms with E-state index in [1.165, 1.54) is 6.07 Å². The number of nitrogens with zero attached hydrogens (tertiary/aromatic N) is 2. The number of H-pyrrole nitrogens is 2. The molecule has 0 spiro atoms. The Morgan fingerprint density at radius 3 is 2.69 bits per heavy atom.